The van der Waals surface area contributed by atoms with Gasteiger partial charge in [-0.3, -0.25) is 4.79 Å². The van der Waals surface area contributed by atoms with Crippen LogP contribution in [0.1, 0.15) is 31.2 Å². The maximum atomic E-state index is 12.4. The summed E-state index contributed by atoms with van der Waals surface area (Å²) in [6, 6.07) is 10.6. The molecule has 0 spiro atoms. The highest BCUT2D eigenvalue weighted by Crippen LogP contribution is 2.35. The van der Waals surface area contributed by atoms with E-state index in [-0.39, 0.29) is 0 Å². The number of nitrogens with two attached hydrogens (primary N) is 1. The van der Waals surface area contributed by atoms with Crippen molar-refractivity contribution in [3.63, 3.8) is 0 Å². The monoisotopic (exact) mass is 272 g/mol. The summed E-state index contributed by atoms with van der Waals surface area (Å²) < 4.78 is 0. The molecule has 2 N–H and O–H groups in total. The number of hydrogen-bond donors (Lipinski definition) is 1. The summed E-state index contributed by atoms with van der Waals surface area (Å²) in [4.78, 5) is 14.4. The predicted octanol–water partition coefficient (Wildman–Crippen LogP) is 2.21. The first-order chi connectivity index (χ1) is 9.74. The second-order valence-electron chi connectivity index (χ2n) is 6.30. The third-order valence-corrected chi connectivity index (χ3v) is 4.98. The lowest BCUT2D eigenvalue weighted by Crippen LogP contribution is -2.38. The molecule has 1 aliphatic heterocycles. The Balaban J connectivity index is 1.53. The van der Waals surface area contributed by atoms with Gasteiger partial charge >= 0.3 is 0 Å². The molecule has 0 aromatic heterocycles. The molecule has 2 aliphatic rings. The van der Waals surface area contributed by atoms with Gasteiger partial charge in [-0.05, 0) is 36.7 Å². The zero-order valence-corrected chi connectivity index (χ0v) is 12.0. The number of aryl methyl sites for hydroxylation is 1. The molecule has 1 heterocycles. The molecule has 108 valence electrons. The number of fused-ring (bicyclic) bond motifs is 1. The fraction of sp³-hybridized carbons (Fsp3) is 0.588. The highest BCUT2D eigenvalue weighted by atomic mass is 16.2. The summed E-state index contributed by atoms with van der Waals surface area (Å²) in [7, 11) is 0. The van der Waals surface area contributed by atoms with Crippen molar-refractivity contribution in [2.75, 3.05) is 13.1 Å². The Bertz CT molecular complexity index is 459. The molecule has 2 fully saturated rings. The lowest BCUT2D eigenvalue weighted by molar-refractivity contribution is -0.130. The van der Waals surface area contributed by atoms with Crippen LogP contribution in [0.15, 0.2) is 30.3 Å². The topological polar surface area (TPSA) is 46.3 Å². The maximum absolute atomic E-state index is 12.4. The normalized spacial score (nSPS) is 29.2. The van der Waals surface area contributed by atoms with E-state index in [0.29, 0.717) is 30.2 Å². The lowest BCUT2D eigenvalue weighted by Gasteiger charge is -2.29. The largest absolute Gasteiger partial charge is 0.342 e. The molecule has 1 amide bonds. The Morgan fingerprint density at radius 3 is 2.75 bits per heavy atom. The second-order valence-corrected chi connectivity index (χ2v) is 6.30. The van der Waals surface area contributed by atoms with Gasteiger partial charge in [-0.1, -0.05) is 36.8 Å². The van der Waals surface area contributed by atoms with Crippen LogP contribution in [0, 0.1) is 11.8 Å². The van der Waals surface area contributed by atoms with Crippen LogP contribution in [0.2, 0.25) is 0 Å². The van der Waals surface area contributed by atoms with E-state index in [0.717, 1.165) is 25.9 Å². The first kappa shape index (κ1) is 13.6. The minimum Gasteiger partial charge on any atom is -0.342 e. The van der Waals surface area contributed by atoms with Crippen LogP contribution in [0.25, 0.3) is 0 Å². The molecule has 1 saturated carbocycles. The maximum Gasteiger partial charge on any atom is 0.222 e. The van der Waals surface area contributed by atoms with Crippen LogP contribution >= 0.6 is 0 Å². The minimum atomic E-state index is 0.301. The van der Waals surface area contributed by atoms with Gasteiger partial charge in [-0.2, -0.15) is 0 Å². The Hall–Kier alpha value is -1.35. The Morgan fingerprint density at radius 1 is 1.20 bits per heavy atom. The molecule has 3 heteroatoms. The van der Waals surface area contributed by atoms with E-state index in [2.05, 4.69) is 17.0 Å². The number of nitrogens with zero attached hydrogens (tertiary/aromatic N) is 1. The molecule has 20 heavy (non-hydrogen) atoms. The van der Waals surface area contributed by atoms with Crippen LogP contribution in [-0.2, 0) is 11.2 Å². The van der Waals surface area contributed by atoms with Crippen LogP contribution in [0.5, 0.6) is 0 Å². The first-order valence-electron chi connectivity index (χ1n) is 7.81. The van der Waals surface area contributed by atoms with Gasteiger partial charge < -0.3 is 10.6 Å². The number of benzene rings is 1. The number of amides is 1. The van der Waals surface area contributed by atoms with Crippen molar-refractivity contribution in [3.8, 4) is 0 Å². The van der Waals surface area contributed by atoms with E-state index >= 15 is 0 Å². The van der Waals surface area contributed by atoms with Gasteiger partial charge in [-0.15, -0.1) is 0 Å². The molecular formula is C17H24N2O. The van der Waals surface area contributed by atoms with Crippen molar-refractivity contribution in [1.29, 1.82) is 0 Å². The zero-order valence-electron chi connectivity index (χ0n) is 12.0. The second kappa shape index (κ2) is 5.96. The van der Waals surface area contributed by atoms with Crippen LogP contribution < -0.4 is 5.73 Å². The molecule has 1 aromatic carbocycles. The third kappa shape index (κ3) is 2.88. The van der Waals surface area contributed by atoms with E-state index in [1.807, 2.05) is 18.2 Å². The summed E-state index contributed by atoms with van der Waals surface area (Å²) in [5.41, 5.74) is 7.45. The van der Waals surface area contributed by atoms with Gasteiger partial charge in [0.05, 0.1) is 0 Å². The lowest BCUT2D eigenvalue weighted by atomic mass is 9.78. The zero-order chi connectivity index (χ0) is 13.9. The van der Waals surface area contributed by atoms with E-state index in [1.54, 1.807) is 0 Å². The number of carbonyl (C=O) groups excluding carboxylic acids is 1. The molecule has 1 aliphatic carbocycles. The standard InChI is InChI=1S/C17H24N2O/c18-16-8-4-7-14-11-19(12-15(14)16)17(20)10-9-13-5-2-1-3-6-13/h1-3,5-6,14-16H,4,7-12,18H2. The average molecular weight is 272 g/mol. The SMILES string of the molecule is NC1CCCC2CN(C(=O)CCc3ccccc3)CC12. The van der Waals surface area contributed by atoms with E-state index in [1.165, 1.54) is 18.4 Å². The summed E-state index contributed by atoms with van der Waals surface area (Å²) in [6.07, 6.45) is 5.08. The van der Waals surface area contributed by atoms with Gasteiger partial charge in [0.15, 0.2) is 0 Å². The van der Waals surface area contributed by atoms with Gasteiger partial charge in [0.1, 0.15) is 0 Å². The van der Waals surface area contributed by atoms with Crippen LogP contribution in [0.3, 0.4) is 0 Å². The van der Waals surface area contributed by atoms with Crippen molar-refractivity contribution in [2.24, 2.45) is 17.6 Å². The summed E-state index contributed by atoms with van der Waals surface area (Å²) in [5.74, 6) is 1.50. The van der Waals surface area contributed by atoms with Gasteiger partial charge in [0.25, 0.3) is 0 Å². The van der Waals surface area contributed by atoms with Gasteiger partial charge in [0.2, 0.25) is 5.91 Å². The summed E-state index contributed by atoms with van der Waals surface area (Å²) >= 11 is 0. The molecular weight excluding hydrogens is 248 g/mol. The Kier molecular flexibility index (Phi) is 4.06. The summed E-state index contributed by atoms with van der Waals surface area (Å²) in [6.45, 7) is 1.82. The first-order valence-corrected chi connectivity index (χ1v) is 7.81. The molecule has 3 rings (SSSR count). The molecule has 0 bridgehead atoms. The van der Waals surface area contributed by atoms with E-state index in [4.69, 9.17) is 5.73 Å². The molecule has 1 saturated heterocycles. The number of hydrogen-bond acceptors (Lipinski definition) is 2. The fourth-order valence-electron chi connectivity index (χ4n) is 3.77. The summed E-state index contributed by atoms with van der Waals surface area (Å²) in [5, 5.41) is 0. The van der Waals surface area contributed by atoms with Crippen molar-refractivity contribution in [2.45, 2.75) is 38.1 Å². The van der Waals surface area contributed by atoms with E-state index < -0.39 is 0 Å². The molecule has 1 aromatic rings. The molecule has 3 atom stereocenters. The Labute approximate surface area is 121 Å². The molecule has 3 unspecified atom stereocenters. The number of likely N-dealkylation sites (tertiary alicyclic amines) is 1. The highest BCUT2D eigenvalue weighted by Gasteiger charge is 2.39. The molecule has 0 radical (unpaired) electrons. The van der Waals surface area contributed by atoms with Gasteiger partial charge in [-0.25, -0.2) is 0 Å². The van der Waals surface area contributed by atoms with Crippen molar-refractivity contribution in [3.05, 3.63) is 35.9 Å². The number of carbonyl (C=O) groups is 1. The molecule has 3 nitrogen and oxygen atoms in total. The van der Waals surface area contributed by atoms with Crippen molar-refractivity contribution >= 4 is 5.91 Å². The van der Waals surface area contributed by atoms with E-state index in [9.17, 15) is 4.79 Å². The van der Waals surface area contributed by atoms with Crippen molar-refractivity contribution < 1.29 is 4.79 Å². The minimum absolute atomic E-state index is 0.301. The van der Waals surface area contributed by atoms with Crippen molar-refractivity contribution in [1.82, 2.24) is 4.90 Å². The predicted molar refractivity (Wildman–Crippen MR) is 80.1 cm³/mol. The average Bonchev–Trinajstić information content (AvgIpc) is 2.91. The quantitative estimate of drug-likeness (QED) is 0.917. The Morgan fingerprint density at radius 2 is 2.00 bits per heavy atom. The smallest absolute Gasteiger partial charge is 0.222 e. The van der Waals surface area contributed by atoms with Gasteiger partial charge in [0, 0.05) is 25.6 Å². The van der Waals surface area contributed by atoms with Crippen LogP contribution in [-0.4, -0.2) is 29.9 Å². The number of rotatable bonds is 3. The third-order valence-electron chi connectivity index (χ3n) is 4.98. The fourth-order valence-corrected chi connectivity index (χ4v) is 3.77. The highest BCUT2D eigenvalue weighted by molar-refractivity contribution is 5.76. The van der Waals surface area contributed by atoms with Crippen LogP contribution in [0.4, 0.5) is 0 Å².